The fourth-order valence-corrected chi connectivity index (χ4v) is 3.70. The Kier molecular flexibility index (Phi) is 7.27. The van der Waals surface area contributed by atoms with Crippen LogP contribution in [-0.2, 0) is 11.2 Å². The lowest BCUT2D eigenvalue weighted by molar-refractivity contribution is -0.423. The van der Waals surface area contributed by atoms with Gasteiger partial charge in [0.1, 0.15) is 35.7 Å². The molecule has 33 heavy (non-hydrogen) atoms. The first-order valence-electron chi connectivity index (χ1n) is 10.3. The molecule has 12 heteroatoms. The van der Waals surface area contributed by atoms with Crippen LogP contribution in [0.15, 0.2) is 12.1 Å². The van der Waals surface area contributed by atoms with Gasteiger partial charge in [-0.3, -0.25) is 4.68 Å². The fourth-order valence-electron chi connectivity index (χ4n) is 3.70. The van der Waals surface area contributed by atoms with Crippen LogP contribution in [0, 0.1) is 18.6 Å². The van der Waals surface area contributed by atoms with E-state index in [1.807, 2.05) is 0 Å². The number of rotatable bonds is 7. The number of methoxy groups -OCH3 is 1. The molecule has 10 nitrogen and oxygen atoms in total. The van der Waals surface area contributed by atoms with E-state index in [2.05, 4.69) is 5.10 Å². The van der Waals surface area contributed by atoms with Gasteiger partial charge in [0.15, 0.2) is 6.10 Å². The average Bonchev–Trinajstić information content (AvgIpc) is 3.06. The summed E-state index contributed by atoms with van der Waals surface area (Å²) >= 11 is 0. The molecule has 0 amide bonds. The third kappa shape index (κ3) is 4.67. The Labute approximate surface area is 188 Å². The van der Waals surface area contributed by atoms with E-state index >= 15 is 0 Å². The maximum absolute atomic E-state index is 14.6. The minimum absolute atomic E-state index is 0.00421. The summed E-state index contributed by atoms with van der Waals surface area (Å²) in [5, 5.41) is 54.7. The monoisotopic (exact) mass is 474 g/mol. The molecule has 184 valence electrons. The third-order valence-electron chi connectivity index (χ3n) is 5.60. The number of hydrogen-bond donors (Lipinski definition) is 5. The molecule has 5 N–H and O–H groups in total. The number of benzene rings is 1. The van der Waals surface area contributed by atoms with E-state index in [1.165, 1.54) is 11.8 Å². The highest BCUT2D eigenvalue weighted by atomic mass is 19.1. The summed E-state index contributed by atoms with van der Waals surface area (Å²) in [7, 11) is 1.28. The number of aliphatic hydroxyl groups is 5. The van der Waals surface area contributed by atoms with Gasteiger partial charge in [-0.2, -0.15) is 0 Å². The van der Waals surface area contributed by atoms with Crippen molar-refractivity contribution in [1.29, 1.82) is 0 Å². The van der Waals surface area contributed by atoms with Crippen LogP contribution in [0.5, 0.6) is 11.6 Å². The summed E-state index contributed by atoms with van der Waals surface area (Å²) in [5.41, 5.74) is 0.327. The molecule has 1 aromatic heterocycles. The SMILES string of the molecule is COc1cc(F)c(Cc2c(OC3(O)O[C@H](CO)[C@@H](O)[C@@H](O)[C@H]3O)nn(C(C)C)c2C)c(F)c1. The molecule has 1 unspecified atom stereocenters. The maximum atomic E-state index is 14.6. The topological polar surface area (TPSA) is 147 Å². The van der Waals surface area contributed by atoms with E-state index in [0.29, 0.717) is 5.69 Å². The highest BCUT2D eigenvalue weighted by Crippen LogP contribution is 2.35. The molecule has 5 atom stereocenters. The van der Waals surface area contributed by atoms with E-state index in [4.69, 9.17) is 14.2 Å². The summed E-state index contributed by atoms with van der Waals surface area (Å²) in [4.78, 5) is 0. The molecular formula is C21H28F2N2O8. The van der Waals surface area contributed by atoms with Gasteiger partial charge in [0.2, 0.25) is 5.88 Å². The molecule has 1 aromatic carbocycles. The van der Waals surface area contributed by atoms with Crippen molar-refractivity contribution in [2.45, 2.75) is 63.6 Å². The minimum Gasteiger partial charge on any atom is -0.497 e. The van der Waals surface area contributed by atoms with Crippen LogP contribution in [-0.4, -0.2) is 79.4 Å². The zero-order valence-corrected chi connectivity index (χ0v) is 18.6. The Morgan fingerprint density at radius 1 is 1.15 bits per heavy atom. The molecule has 2 aromatic rings. The summed E-state index contributed by atoms with van der Waals surface area (Å²) in [5.74, 6) is -4.99. The number of nitrogens with zero attached hydrogens (tertiary/aromatic N) is 2. The zero-order valence-electron chi connectivity index (χ0n) is 18.6. The molecule has 0 bridgehead atoms. The minimum atomic E-state index is -2.92. The second kappa shape index (κ2) is 9.49. The molecule has 0 spiro atoms. The van der Waals surface area contributed by atoms with E-state index in [0.717, 1.165) is 12.1 Å². The molecule has 2 heterocycles. The molecule has 0 radical (unpaired) electrons. The number of ether oxygens (including phenoxy) is 3. The number of hydrogen-bond acceptors (Lipinski definition) is 9. The van der Waals surface area contributed by atoms with Crippen LogP contribution < -0.4 is 9.47 Å². The standard InChI is InChI=1S/C21H28F2N2O8/c1-9(2)25-10(3)12(7-13-14(22)5-11(31-4)6-15(13)23)20(24-25)33-21(30)19(29)18(28)17(27)16(8-26)32-21/h5-6,9,16-19,26-30H,7-8H2,1-4H3/t16-,17-,18-,19-,21?/m1/s1. The fraction of sp³-hybridized carbons (Fsp3) is 0.571. The summed E-state index contributed by atoms with van der Waals surface area (Å²) in [6.07, 6.45) is -7.60. The van der Waals surface area contributed by atoms with Gasteiger partial charge in [-0.1, -0.05) is 0 Å². The highest BCUT2D eigenvalue weighted by molar-refractivity contribution is 5.40. The quantitative estimate of drug-likeness (QED) is 0.354. The van der Waals surface area contributed by atoms with Gasteiger partial charge in [-0.25, -0.2) is 8.78 Å². The van der Waals surface area contributed by atoms with Crippen molar-refractivity contribution in [1.82, 2.24) is 9.78 Å². The summed E-state index contributed by atoms with van der Waals surface area (Å²) < 4.78 is 46.1. The van der Waals surface area contributed by atoms with Crippen molar-refractivity contribution in [2.75, 3.05) is 13.7 Å². The van der Waals surface area contributed by atoms with E-state index < -0.39 is 48.6 Å². The van der Waals surface area contributed by atoms with Crippen LogP contribution in [0.1, 0.15) is 36.7 Å². The Morgan fingerprint density at radius 3 is 2.27 bits per heavy atom. The largest absolute Gasteiger partial charge is 0.497 e. The van der Waals surface area contributed by atoms with Gasteiger partial charge in [0.25, 0.3) is 0 Å². The number of halogens is 2. The van der Waals surface area contributed by atoms with Gasteiger partial charge >= 0.3 is 5.97 Å². The van der Waals surface area contributed by atoms with E-state index in [-0.39, 0.29) is 35.2 Å². The van der Waals surface area contributed by atoms with Crippen LogP contribution in [0.2, 0.25) is 0 Å². The lowest BCUT2D eigenvalue weighted by Crippen LogP contribution is -2.67. The molecule has 0 saturated carbocycles. The van der Waals surface area contributed by atoms with Gasteiger partial charge < -0.3 is 39.7 Å². The van der Waals surface area contributed by atoms with Crippen molar-refractivity contribution >= 4 is 0 Å². The Hall–Kier alpha value is -2.35. The Balaban J connectivity index is 2.04. The van der Waals surface area contributed by atoms with Gasteiger partial charge in [-0.15, -0.1) is 5.10 Å². The first kappa shape index (κ1) is 25.3. The molecule has 3 rings (SSSR count). The van der Waals surface area contributed by atoms with Crippen molar-refractivity contribution in [3.63, 3.8) is 0 Å². The second-order valence-electron chi connectivity index (χ2n) is 8.15. The average molecular weight is 474 g/mol. The summed E-state index contributed by atoms with van der Waals surface area (Å²) in [6.45, 7) is 4.42. The first-order valence-corrected chi connectivity index (χ1v) is 10.3. The predicted molar refractivity (Wildman–Crippen MR) is 109 cm³/mol. The summed E-state index contributed by atoms with van der Waals surface area (Å²) in [6, 6.07) is 1.83. The Bertz CT molecular complexity index is 976. The smallest absolute Gasteiger partial charge is 0.356 e. The van der Waals surface area contributed by atoms with Crippen LogP contribution in [0.4, 0.5) is 8.78 Å². The molecule has 1 saturated heterocycles. The second-order valence-corrected chi connectivity index (χ2v) is 8.15. The molecule has 1 aliphatic rings. The van der Waals surface area contributed by atoms with Crippen molar-refractivity contribution in [3.8, 4) is 11.6 Å². The van der Waals surface area contributed by atoms with Crippen LogP contribution >= 0.6 is 0 Å². The molecule has 1 fully saturated rings. The van der Waals surface area contributed by atoms with Crippen molar-refractivity contribution in [2.24, 2.45) is 0 Å². The molecular weight excluding hydrogens is 446 g/mol. The lowest BCUT2D eigenvalue weighted by Gasteiger charge is -2.43. The van der Waals surface area contributed by atoms with Gasteiger partial charge in [0.05, 0.1) is 13.7 Å². The normalized spacial score (nSPS) is 27.8. The highest BCUT2D eigenvalue weighted by Gasteiger charge is 2.55. The third-order valence-corrected chi connectivity index (χ3v) is 5.60. The molecule has 0 aliphatic carbocycles. The van der Waals surface area contributed by atoms with Crippen LogP contribution in [0.3, 0.4) is 0 Å². The Morgan fingerprint density at radius 2 is 1.76 bits per heavy atom. The van der Waals surface area contributed by atoms with E-state index in [1.54, 1.807) is 20.8 Å². The first-order chi connectivity index (χ1) is 15.4. The van der Waals surface area contributed by atoms with Crippen molar-refractivity contribution < 1.29 is 48.5 Å². The lowest BCUT2D eigenvalue weighted by atomic mass is 9.98. The van der Waals surface area contributed by atoms with Crippen molar-refractivity contribution in [3.05, 3.63) is 40.6 Å². The zero-order chi connectivity index (χ0) is 24.7. The maximum Gasteiger partial charge on any atom is 0.356 e. The number of aliphatic hydroxyl groups excluding tert-OH is 4. The van der Waals surface area contributed by atoms with Crippen LogP contribution in [0.25, 0.3) is 0 Å². The number of aromatic nitrogens is 2. The van der Waals surface area contributed by atoms with E-state index in [9.17, 15) is 34.3 Å². The van der Waals surface area contributed by atoms with Gasteiger partial charge in [-0.05, 0) is 20.8 Å². The van der Waals surface area contributed by atoms with Gasteiger partial charge in [0, 0.05) is 41.4 Å². The predicted octanol–water partition coefficient (Wildman–Crippen LogP) is 0.149. The molecule has 1 aliphatic heterocycles.